The molecule has 1 aromatic carbocycles. The molecule has 0 unspecified atom stereocenters. The van der Waals surface area contributed by atoms with Gasteiger partial charge in [-0.05, 0) is 79.7 Å². The third-order valence-electron chi connectivity index (χ3n) is 8.18. The number of nitrogens with zero attached hydrogens (tertiary/aromatic N) is 1. The van der Waals surface area contributed by atoms with Gasteiger partial charge in [0, 0.05) is 6.42 Å². The van der Waals surface area contributed by atoms with Gasteiger partial charge in [0.1, 0.15) is 30.1 Å². The number of amides is 2. The largest absolute Gasteiger partial charge is 0.464 e. The lowest BCUT2D eigenvalue weighted by Gasteiger charge is -2.36. The minimum Gasteiger partial charge on any atom is -0.464 e. The van der Waals surface area contributed by atoms with Crippen molar-refractivity contribution >= 4 is 30.1 Å². The van der Waals surface area contributed by atoms with Gasteiger partial charge < -0.3 is 33.7 Å². The number of carbonyl (C=O) groups is 5. The molecule has 1 aromatic rings. The van der Waals surface area contributed by atoms with Gasteiger partial charge in [0.05, 0.1) is 12.6 Å². The Labute approximate surface area is 296 Å². The molecule has 2 fully saturated rings. The van der Waals surface area contributed by atoms with Crippen LogP contribution in [0.3, 0.4) is 0 Å². The first-order chi connectivity index (χ1) is 23.3. The van der Waals surface area contributed by atoms with Crippen LogP contribution in [0.15, 0.2) is 30.3 Å². The highest BCUT2D eigenvalue weighted by Gasteiger charge is 2.54. The summed E-state index contributed by atoms with van der Waals surface area (Å²) in [6.45, 7) is 13.3. The molecule has 13 heteroatoms. The molecule has 0 radical (unpaired) electrons. The number of alkyl carbamates (subject to hydrolysis) is 1. The van der Waals surface area contributed by atoms with Crippen LogP contribution in [-0.4, -0.2) is 83.3 Å². The van der Waals surface area contributed by atoms with Crippen LogP contribution in [0, 0.1) is 5.92 Å². The van der Waals surface area contributed by atoms with Crippen molar-refractivity contribution in [3.8, 4) is 0 Å². The molecule has 0 bridgehead atoms. The van der Waals surface area contributed by atoms with Gasteiger partial charge in [0.2, 0.25) is 0 Å². The fourth-order valence-electron chi connectivity index (χ4n) is 6.01. The molecule has 0 spiro atoms. The Kier molecular flexibility index (Phi) is 14.5. The summed E-state index contributed by atoms with van der Waals surface area (Å²) in [6.07, 6.45) is 3.55. The molecule has 1 N–H and O–H groups in total. The molecule has 280 valence electrons. The first-order valence-electron chi connectivity index (χ1n) is 17.6. The molecule has 13 nitrogen and oxygen atoms in total. The SMILES string of the molecule is CC(C)(C)OC(=O)[C@H](COC(=O)CCCOC(=O)[C@@H]1OC(C)(C)N(C(=O)OC(C)(C)C)[C@H]1CC1CCCCC1)NC(=O)OCc1ccccc1. The van der Waals surface area contributed by atoms with Crippen molar-refractivity contribution in [3.05, 3.63) is 35.9 Å². The van der Waals surface area contributed by atoms with Crippen LogP contribution in [0.4, 0.5) is 9.59 Å². The Morgan fingerprint density at radius 1 is 0.900 bits per heavy atom. The van der Waals surface area contributed by atoms with Crippen molar-refractivity contribution in [1.29, 1.82) is 0 Å². The summed E-state index contributed by atoms with van der Waals surface area (Å²) in [7, 11) is 0. The third-order valence-corrected chi connectivity index (χ3v) is 8.18. The second-order valence-electron chi connectivity index (χ2n) is 15.4. The van der Waals surface area contributed by atoms with E-state index in [1.165, 1.54) is 11.3 Å². The Balaban J connectivity index is 1.54. The Hall–Kier alpha value is -3.87. The number of benzene rings is 1. The molecule has 2 aliphatic rings. The van der Waals surface area contributed by atoms with Crippen LogP contribution in [0.1, 0.15) is 112 Å². The number of esters is 3. The lowest BCUT2D eigenvalue weighted by atomic mass is 9.83. The van der Waals surface area contributed by atoms with Gasteiger partial charge >= 0.3 is 30.1 Å². The summed E-state index contributed by atoms with van der Waals surface area (Å²) in [5, 5.41) is 2.41. The molecule has 2 amide bonds. The second-order valence-corrected chi connectivity index (χ2v) is 15.4. The Morgan fingerprint density at radius 2 is 1.54 bits per heavy atom. The van der Waals surface area contributed by atoms with Gasteiger partial charge in [0.15, 0.2) is 12.1 Å². The second kappa shape index (κ2) is 17.9. The van der Waals surface area contributed by atoms with Crippen LogP contribution < -0.4 is 5.32 Å². The monoisotopic (exact) mass is 704 g/mol. The molecule has 1 saturated carbocycles. The molecular formula is C37H56N2O11. The number of ether oxygens (including phenoxy) is 6. The molecule has 1 aliphatic heterocycles. The molecule has 1 saturated heterocycles. The maximum absolute atomic E-state index is 13.4. The summed E-state index contributed by atoms with van der Waals surface area (Å²) in [6, 6.07) is 7.13. The van der Waals surface area contributed by atoms with E-state index in [9.17, 15) is 24.0 Å². The van der Waals surface area contributed by atoms with E-state index in [2.05, 4.69) is 5.32 Å². The topological polar surface area (TPSA) is 156 Å². The molecule has 0 aromatic heterocycles. The third kappa shape index (κ3) is 13.4. The van der Waals surface area contributed by atoms with Gasteiger partial charge in [-0.2, -0.15) is 0 Å². The van der Waals surface area contributed by atoms with Crippen LogP contribution in [-0.2, 0) is 49.4 Å². The van der Waals surface area contributed by atoms with E-state index in [4.69, 9.17) is 28.4 Å². The summed E-state index contributed by atoms with van der Waals surface area (Å²) in [5.74, 6) is -1.75. The lowest BCUT2D eigenvalue weighted by molar-refractivity contribution is -0.163. The summed E-state index contributed by atoms with van der Waals surface area (Å²) >= 11 is 0. The first-order valence-corrected chi connectivity index (χ1v) is 17.6. The van der Waals surface area contributed by atoms with Gasteiger partial charge in [-0.3, -0.25) is 9.69 Å². The van der Waals surface area contributed by atoms with Crippen molar-refractivity contribution in [2.75, 3.05) is 13.2 Å². The minimum atomic E-state index is -1.31. The number of hydrogen-bond donors (Lipinski definition) is 1. The van der Waals surface area contributed by atoms with Crippen molar-refractivity contribution in [3.63, 3.8) is 0 Å². The smallest absolute Gasteiger partial charge is 0.412 e. The highest BCUT2D eigenvalue weighted by atomic mass is 16.6. The maximum Gasteiger partial charge on any atom is 0.412 e. The molecular weight excluding hydrogens is 648 g/mol. The van der Waals surface area contributed by atoms with Crippen LogP contribution >= 0.6 is 0 Å². The van der Waals surface area contributed by atoms with Gasteiger partial charge in [-0.25, -0.2) is 19.2 Å². The van der Waals surface area contributed by atoms with Crippen LogP contribution in [0.2, 0.25) is 0 Å². The average molecular weight is 705 g/mol. The van der Waals surface area contributed by atoms with Gasteiger partial charge in [-0.1, -0.05) is 62.4 Å². The standard InChI is InChI=1S/C37H56N2O11/c1-35(2,3)49-31(41)27(38-33(43)47-23-26-18-13-10-14-19-26)24-46-29(40)20-15-21-45-32(42)30-28(22-25-16-11-9-12-17-25)39(37(7,8)48-30)34(44)50-36(4,5)6/h10,13-14,18-19,25,27-28,30H,9,11-12,15-17,20-24H2,1-8H3,(H,38,43)/t27-,28-,30+/m0/s1. The number of carbonyl (C=O) groups excluding carboxylic acids is 5. The van der Waals surface area contributed by atoms with Gasteiger partial charge in [0.25, 0.3) is 0 Å². The highest BCUT2D eigenvalue weighted by molar-refractivity contribution is 5.82. The highest BCUT2D eigenvalue weighted by Crippen LogP contribution is 2.39. The zero-order valence-electron chi connectivity index (χ0n) is 30.9. The number of rotatable bonds is 13. The minimum absolute atomic E-state index is 0.0179. The zero-order chi connectivity index (χ0) is 37.1. The predicted octanol–water partition coefficient (Wildman–Crippen LogP) is 6.20. The predicted molar refractivity (Wildman–Crippen MR) is 183 cm³/mol. The number of nitrogens with one attached hydrogen (secondary N) is 1. The zero-order valence-corrected chi connectivity index (χ0v) is 30.9. The molecule has 3 atom stereocenters. The van der Waals surface area contributed by atoms with E-state index >= 15 is 0 Å². The molecule has 3 rings (SSSR count). The summed E-state index contributed by atoms with van der Waals surface area (Å²) in [5.41, 5.74) is -1.94. The van der Waals surface area contributed by atoms with E-state index in [-0.39, 0.29) is 26.1 Å². The Bertz CT molecular complexity index is 1300. The van der Waals surface area contributed by atoms with Crippen molar-refractivity contribution in [2.45, 2.75) is 148 Å². The molecule has 1 aliphatic carbocycles. The fraction of sp³-hybridized carbons (Fsp3) is 0.703. The van der Waals surface area contributed by atoms with E-state index in [1.54, 1.807) is 79.7 Å². The van der Waals surface area contributed by atoms with E-state index in [0.717, 1.165) is 31.2 Å². The van der Waals surface area contributed by atoms with E-state index in [1.807, 2.05) is 6.07 Å². The number of hydrogen-bond acceptors (Lipinski definition) is 11. The van der Waals surface area contributed by atoms with E-state index in [0.29, 0.717) is 12.3 Å². The Morgan fingerprint density at radius 3 is 2.16 bits per heavy atom. The fourth-order valence-corrected chi connectivity index (χ4v) is 6.01. The van der Waals surface area contributed by atoms with Crippen LogP contribution in [0.5, 0.6) is 0 Å². The first kappa shape index (κ1) is 40.6. The maximum atomic E-state index is 13.4. The summed E-state index contributed by atoms with van der Waals surface area (Å²) < 4.78 is 33.3. The quantitative estimate of drug-likeness (QED) is 0.142. The van der Waals surface area contributed by atoms with Crippen molar-refractivity contribution < 1.29 is 52.4 Å². The van der Waals surface area contributed by atoms with Crippen molar-refractivity contribution in [2.24, 2.45) is 5.92 Å². The molecule has 1 heterocycles. The van der Waals surface area contributed by atoms with Crippen LogP contribution in [0.25, 0.3) is 0 Å². The van der Waals surface area contributed by atoms with Gasteiger partial charge in [-0.15, -0.1) is 0 Å². The van der Waals surface area contributed by atoms with E-state index < -0.39 is 71.8 Å². The molecule has 50 heavy (non-hydrogen) atoms. The lowest BCUT2D eigenvalue weighted by Crippen LogP contribution is -2.51. The van der Waals surface area contributed by atoms with Crippen molar-refractivity contribution in [1.82, 2.24) is 10.2 Å². The normalized spacial score (nSPS) is 20.0. The average Bonchev–Trinajstić information content (AvgIpc) is 3.29. The summed E-state index contributed by atoms with van der Waals surface area (Å²) in [4.78, 5) is 66.1.